The van der Waals surface area contributed by atoms with Crippen LogP contribution < -0.4 is 5.69 Å². The second-order valence-electron chi connectivity index (χ2n) is 10.6. The van der Waals surface area contributed by atoms with Gasteiger partial charge in [0.2, 0.25) is 0 Å². The van der Waals surface area contributed by atoms with E-state index in [0.29, 0.717) is 32.2 Å². The second-order valence-corrected chi connectivity index (χ2v) is 10.6. The number of likely N-dealkylation sites (tertiary alicyclic amines) is 1. The summed E-state index contributed by atoms with van der Waals surface area (Å²) >= 11 is 0. The van der Waals surface area contributed by atoms with E-state index in [1.165, 1.54) is 11.1 Å². The molecule has 0 aliphatic carbocycles. The summed E-state index contributed by atoms with van der Waals surface area (Å²) in [6, 6.07) is 28.7. The minimum Gasteiger partial charge on any atom is -0.448 e. The van der Waals surface area contributed by atoms with Crippen molar-refractivity contribution >= 4 is 17.1 Å². The number of benzene rings is 3. The highest BCUT2D eigenvalue weighted by Gasteiger charge is 2.25. The molecule has 2 heterocycles. The maximum atomic E-state index is 12.9. The monoisotopic (exact) mass is 526 g/mol. The van der Waals surface area contributed by atoms with E-state index in [4.69, 9.17) is 4.74 Å². The fourth-order valence-corrected chi connectivity index (χ4v) is 5.44. The van der Waals surface area contributed by atoms with Crippen molar-refractivity contribution in [3.63, 3.8) is 0 Å². The fraction of sp³-hybridized carbons (Fsp3) is 0.375. The number of carbonyl (C=O) groups excluding carboxylic acids is 1. The lowest BCUT2D eigenvalue weighted by molar-refractivity contribution is 0.0555. The molecule has 1 aromatic heterocycles. The van der Waals surface area contributed by atoms with Crippen LogP contribution in [-0.4, -0.2) is 51.2 Å². The molecule has 4 aromatic rings. The van der Waals surface area contributed by atoms with Crippen molar-refractivity contribution in [2.45, 2.75) is 51.9 Å². The molecule has 1 N–H and O–H groups in total. The number of aromatic nitrogens is 2. The fourth-order valence-electron chi connectivity index (χ4n) is 5.44. The predicted molar refractivity (Wildman–Crippen MR) is 154 cm³/mol. The standard InChI is InChI=1S/C32H38N4O3/c1-25(35(22-27-10-4-2-5-11-27)23-28-12-6-3-7-13-28)24-39-32(38)34-19-16-26(17-20-34)18-21-36-30-15-9-8-14-29(30)33-31(36)37/h2-15,25-26H,16-24H2,1H3,(H,33,37). The van der Waals surface area contributed by atoms with Crippen molar-refractivity contribution in [1.82, 2.24) is 19.4 Å². The molecule has 1 aliphatic heterocycles. The van der Waals surface area contributed by atoms with Crippen LogP contribution in [0, 0.1) is 5.92 Å². The van der Waals surface area contributed by atoms with E-state index in [9.17, 15) is 9.59 Å². The largest absolute Gasteiger partial charge is 0.448 e. The molecule has 1 amide bonds. The normalized spacial score (nSPS) is 15.1. The van der Waals surface area contributed by atoms with Crippen LogP contribution in [-0.2, 0) is 24.4 Å². The lowest BCUT2D eigenvalue weighted by Gasteiger charge is -2.33. The molecule has 1 fully saturated rings. The van der Waals surface area contributed by atoms with Crippen LogP contribution >= 0.6 is 0 Å². The van der Waals surface area contributed by atoms with Gasteiger partial charge < -0.3 is 14.6 Å². The summed E-state index contributed by atoms with van der Waals surface area (Å²) in [5.74, 6) is 0.487. The molecular formula is C32H38N4O3. The van der Waals surface area contributed by atoms with Gasteiger partial charge in [-0.2, -0.15) is 0 Å². The molecule has 1 saturated heterocycles. The first kappa shape index (κ1) is 26.8. The Labute approximate surface area is 230 Å². The number of rotatable bonds is 10. The van der Waals surface area contributed by atoms with Crippen molar-refractivity contribution in [2.75, 3.05) is 19.7 Å². The first-order valence-electron chi connectivity index (χ1n) is 14.0. The topological polar surface area (TPSA) is 70.6 Å². The Morgan fingerprint density at radius 2 is 1.51 bits per heavy atom. The van der Waals surface area contributed by atoms with E-state index < -0.39 is 0 Å². The number of imidazole rings is 1. The molecule has 3 aromatic carbocycles. The predicted octanol–water partition coefficient (Wildman–Crippen LogP) is 5.66. The number of hydrogen-bond donors (Lipinski definition) is 1. The van der Waals surface area contributed by atoms with E-state index in [0.717, 1.165) is 43.4 Å². The van der Waals surface area contributed by atoms with Gasteiger partial charge in [-0.3, -0.25) is 9.47 Å². The number of para-hydroxylation sites is 2. The maximum absolute atomic E-state index is 12.9. The molecule has 0 saturated carbocycles. The van der Waals surface area contributed by atoms with Crippen LogP contribution in [0.5, 0.6) is 0 Å². The smallest absolute Gasteiger partial charge is 0.409 e. The number of piperidine rings is 1. The lowest BCUT2D eigenvalue weighted by atomic mass is 9.94. The summed E-state index contributed by atoms with van der Waals surface area (Å²) in [5, 5.41) is 0. The average Bonchev–Trinajstić information content (AvgIpc) is 3.30. The van der Waals surface area contributed by atoms with E-state index in [2.05, 4.69) is 65.3 Å². The Balaban J connectivity index is 1.10. The minimum atomic E-state index is -0.229. The molecule has 1 unspecified atom stereocenters. The van der Waals surface area contributed by atoms with Gasteiger partial charge in [0.05, 0.1) is 11.0 Å². The van der Waals surface area contributed by atoms with Gasteiger partial charge in [-0.1, -0.05) is 72.8 Å². The second kappa shape index (κ2) is 12.8. The molecule has 204 valence electrons. The van der Waals surface area contributed by atoms with Gasteiger partial charge in [0, 0.05) is 38.8 Å². The number of aryl methyl sites for hydroxylation is 1. The quantitative estimate of drug-likeness (QED) is 0.290. The third kappa shape index (κ3) is 6.98. The number of nitrogens with one attached hydrogen (secondary N) is 1. The first-order chi connectivity index (χ1) is 19.1. The number of hydrogen-bond acceptors (Lipinski definition) is 4. The third-order valence-corrected chi connectivity index (χ3v) is 7.84. The van der Waals surface area contributed by atoms with Gasteiger partial charge in [0.25, 0.3) is 0 Å². The van der Waals surface area contributed by atoms with Crippen LogP contribution in [0.2, 0.25) is 0 Å². The van der Waals surface area contributed by atoms with Gasteiger partial charge in [0.15, 0.2) is 0 Å². The molecule has 0 radical (unpaired) electrons. The Kier molecular flexibility index (Phi) is 8.78. The van der Waals surface area contributed by atoms with Crippen molar-refractivity contribution in [1.29, 1.82) is 0 Å². The Bertz CT molecular complexity index is 1350. The number of fused-ring (bicyclic) bond motifs is 1. The Hall–Kier alpha value is -3.84. The van der Waals surface area contributed by atoms with Crippen LogP contribution in [0.15, 0.2) is 89.7 Å². The highest BCUT2D eigenvalue weighted by atomic mass is 16.6. The SMILES string of the molecule is CC(COC(=O)N1CCC(CCn2c(=O)[nH]c3ccccc32)CC1)N(Cc1ccccc1)Cc1ccccc1. The maximum Gasteiger partial charge on any atom is 0.409 e. The zero-order valence-electron chi connectivity index (χ0n) is 22.7. The number of ether oxygens (including phenoxy) is 1. The summed E-state index contributed by atoms with van der Waals surface area (Å²) in [6.45, 7) is 6.13. The minimum absolute atomic E-state index is 0.0556. The zero-order chi connectivity index (χ0) is 27.0. The van der Waals surface area contributed by atoms with E-state index in [1.807, 2.05) is 45.9 Å². The summed E-state index contributed by atoms with van der Waals surface area (Å²) in [6.07, 6.45) is 2.55. The van der Waals surface area contributed by atoms with Crippen molar-refractivity contribution in [3.8, 4) is 0 Å². The number of H-pyrrole nitrogens is 1. The summed E-state index contributed by atoms with van der Waals surface area (Å²) in [5.41, 5.74) is 4.25. The summed E-state index contributed by atoms with van der Waals surface area (Å²) in [7, 11) is 0. The summed E-state index contributed by atoms with van der Waals surface area (Å²) in [4.78, 5) is 32.4. The Morgan fingerprint density at radius 1 is 0.923 bits per heavy atom. The van der Waals surface area contributed by atoms with Crippen LogP contribution in [0.3, 0.4) is 0 Å². The van der Waals surface area contributed by atoms with Crippen molar-refractivity contribution in [2.24, 2.45) is 5.92 Å². The number of carbonyl (C=O) groups is 1. The number of amides is 1. The number of nitrogens with zero attached hydrogens (tertiary/aromatic N) is 3. The molecule has 7 heteroatoms. The van der Waals surface area contributed by atoms with Gasteiger partial charge in [-0.15, -0.1) is 0 Å². The zero-order valence-corrected chi connectivity index (χ0v) is 22.7. The van der Waals surface area contributed by atoms with Gasteiger partial charge in [-0.25, -0.2) is 9.59 Å². The molecule has 39 heavy (non-hydrogen) atoms. The number of aromatic amines is 1. The van der Waals surface area contributed by atoms with Crippen LogP contribution in [0.1, 0.15) is 37.3 Å². The molecule has 1 aliphatic rings. The Morgan fingerprint density at radius 3 is 2.15 bits per heavy atom. The molecule has 7 nitrogen and oxygen atoms in total. The molecule has 0 spiro atoms. The highest BCUT2D eigenvalue weighted by molar-refractivity contribution is 5.74. The lowest BCUT2D eigenvalue weighted by Crippen LogP contribution is -2.42. The van der Waals surface area contributed by atoms with Crippen molar-refractivity contribution in [3.05, 3.63) is 107 Å². The van der Waals surface area contributed by atoms with Gasteiger partial charge in [0.1, 0.15) is 6.61 Å². The van der Waals surface area contributed by atoms with Crippen molar-refractivity contribution < 1.29 is 9.53 Å². The highest BCUT2D eigenvalue weighted by Crippen LogP contribution is 2.23. The molecule has 5 rings (SSSR count). The molecule has 1 atom stereocenters. The van der Waals surface area contributed by atoms with E-state index in [1.54, 1.807) is 0 Å². The van der Waals surface area contributed by atoms with Crippen LogP contribution in [0.25, 0.3) is 11.0 Å². The van der Waals surface area contributed by atoms with Gasteiger partial charge >= 0.3 is 11.8 Å². The summed E-state index contributed by atoms with van der Waals surface area (Å²) < 4.78 is 7.64. The van der Waals surface area contributed by atoms with Gasteiger partial charge in [-0.05, 0) is 55.4 Å². The van der Waals surface area contributed by atoms with Crippen LogP contribution in [0.4, 0.5) is 4.79 Å². The van der Waals surface area contributed by atoms with E-state index in [-0.39, 0.29) is 17.8 Å². The third-order valence-electron chi connectivity index (χ3n) is 7.84. The molecular weight excluding hydrogens is 488 g/mol. The average molecular weight is 527 g/mol. The van der Waals surface area contributed by atoms with E-state index >= 15 is 0 Å². The first-order valence-corrected chi connectivity index (χ1v) is 14.0. The molecule has 0 bridgehead atoms.